The predicted molar refractivity (Wildman–Crippen MR) is 96.8 cm³/mol. The largest absolute Gasteiger partial charge is 0.492 e. The Morgan fingerprint density at radius 2 is 2.16 bits per heavy atom. The van der Waals surface area contributed by atoms with E-state index in [1.54, 1.807) is 4.90 Å². The van der Waals surface area contributed by atoms with Crippen LogP contribution in [0.2, 0.25) is 0 Å². The number of likely N-dealkylation sites (tertiary alicyclic amines) is 1. The van der Waals surface area contributed by atoms with Crippen molar-refractivity contribution in [1.82, 2.24) is 14.7 Å². The minimum Gasteiger partial charge on any atom is -0.492 e. The van der Waals surface area contributed by atoms with Crippen LogP contribution in [0.5, 0.6) is 5.75 Å². The van der Waals surface area contributed by atoms with Gasteiger partial charge in [-0.05, 0) is 51.2 Å². The molecule has 25 heavy (non-hydrogen) atoms. The number of likely N-dealkylation sites (N-methyl/N-ethyl adjacent to an activating group) is 2. The van der Waals surface area contributed by atoms with Crippen LogP contribution in [-0.2, 0) is 11.3 Å². The lowest BCUT2D eigenvalue weighted by molar-refractivity contribution is -0.0113. The predicted octanol–water partition coefficient (Wildman–Crippen LogP) is 2.04. The normalized spacial score (nSPS) is 24.2. The topological polar surface area (TPSA) is 45.2 Å². The van der Waals surface area contributed by atoms with Crippen molar-refractivity contribution in [3.05, 3.63) is 29.8 Å². The molecule has 0 aromatic heterocycles. The Hall–Kier alpha value is -1.79. The molecule has 0 N–H and O–H groups in total. The van der Waals surface area contributed by atoms with E-state index in [1.165, 1.54) is 5.56 Å². The summed E-state index contributed by atoms with van der Waals surface area (Å²) in [5.41, 5.74) is 0.904. The standard InChI is InChI=1S/C19H29N3O3/c1-20(2)10-11-24-17-7-4-6-16(12-17)13-22-9-5-8-19(15-22)14-21(3)18(23)25-19/h4,6-7,12H,5,8-11,13-15H2,1-3H3/t19-/m1/s1. The summed E-state index contributed by atoms with van der Waals surface area (Å²) in [6.45, 7) is 4.97. The van der Waals surface area contributed by atoms with Gasteiger partial charge in [0.15, 0.2) is 0 Å². The van der Waals surface area contributed by atoms with E-state index in [4.69, 9.17) is 9.47 Å². The summed E-state index contributed by atoms with van der Waals surface area (Å²) in [6, 6.07) is 8.30. The van der Waals surface area contributed by atoms with Crippen molar-refractivity contribution in [2.45, 2.75) is 25.0 Å². The Balaban J connectivity index is 1.57. The molecule has 0 radical (unpaired) electrons. The van der Waals surface area contributed by atoms with Crippen LogP contribution in [0.1, 0.15) is 18.4 Å². The highest BCUT2D eigenvalue weighted by Crippen LogP contribution is 2.32. The SMILES string of the molecule is CN(C)CCOc1cccc(CN2CCC[C@]3(C2)CN(C)C(=O)O3)c1. The Morgan fingerprint density at radius 3 is 2.88 bits per heavy atom. The number of carbonyl (C=O) groups excluding carboxylic acids is 1. The van der Waals surface area contributed by atoms with Crippen LogP contribution >= 0.6 is 0 Å². The molecule has 138 valence electrons. The third kappa shape index (κ3) is 4.64. The number of amides is 1. The first kappa shape index (κ1) is 18.0. The van der Waals surface area contributed by atoms with Gasteiger partial charge in [0.1, 0.15) is 18.0 Å². The molecular formula is C19H29N3O3. The van der Waals surface area contributed by atoms with Crippen LogP contribution in [-0.4, -0.2) is 80.3 Å². The fourth-order valence-electron chi connectivity index (χ4n) is 3.67. The monoisotopic (exact) mass is 347 g/mol. The zero-order valence-corrected chi connectivity index (χ0v) is 15.5. The number of nitrogens with zero attached hydrogens (tertiary/aromatic N) is 3. The van der Waals surface area contributed by atoms with E-state index < -0.39 is 0 Å². The van der Waals surface area contributed by atoms with Crippen molar-refractivity contribution in [1.29, 1.82) is 0 Å². The Labute approximate surface area is 150 Å². The van der Waals surface area contributed by atoms with Crippen molar-refractivity contribution in [2.75, 3.05) is 53.9 Å². The highest BCUT2D eigenvalue weighted by Gasteiger charge is 2.46. The molecule has 0 unspecified atom stereocenters. The molecule has 2 saturated heterocycles. The lowest BCUT2D eigenvalue weighted by Crippen LogP contribution is -2.50. The average molecular weight is 347 g/mol. The molecule has 0 bridgehead atoms. The Kier molecular flexibility index (Phi) is 5.49. The number of piperidine rings is 1. The fraction of sp³-hybridized carbons (Fsp3) is 0.632. The van der Waals surface area contributed by atoms with E-state index in [0.717, 1.165) is 44.8 Å². The van der Waals surface area contributed by atoms with Gasteiger partial charge in [-0.25, -0.2) is 4.79 Å². The van der Waals surface area contributed by atoms with Gasteiger partial charge < -0.3 is 19.3 Å². The first-order valence-electron chi connectivity index (χ1n) is 8.99. The van der Waals surface area contributed by atoms with Crippen molar-refractivity contribution in [3.63, 3.8) is 0 Å². The number of benzene rings is 1. The third-order valence-electron chi connectivity index (χ3n) is 4.87. The second kappa shape index (κ2) is 7.62. The van der Waals surface area contributed by atoms with Crippen molar-refractivity contribution >= 4 is 6.09 Å². The maximum atomic E-state index is 11.8. The first-order chi connectivity index (χ1) is 12.0. The quantitative estimate of drug-likeness (QED) is 0.788. The maximum absolute atomic E-state index is 11.8. The highest BCUT2D eigenvalue weighted by atomic mass is 16.6. The van der Waals surface area contributed by atoms with Gasteiger partial charge in [0.25, 0.3) is 0 Å². The molecule has 2 fully saturated rings. The molecule has 2 aliphatic heterocycles. The van der Waals surface area contributed by atoms with Gasteiger partial charge in [-0.1, -0.05) is 12.1 Å². The van der Waals surface area contributed by atoms with E-state index in [9.17, 15) is 4.79 Å². The van der Waals surface area contributed by atoms with Crippen LogP contribution < -0.4 is 4.74 Å². The molecule has 2 heterocycles. The summed E-state index contributed by atoms with van der Waals surface area (Å²) >= 11 is 0. The van der Waals surface area contributed by atoms with Crippen LogP contribution in [0, 0.1) is 0 Å². The number of ether oxygens (including phenoxy) is 2. The number of hydrogen-bond acceptors (Lipinski definition) is 5. The summed E-state index contributed by atoms with van der Waals surface area (Å²) in [5, 5.41) is 0. The zero-order chi connectivity index (χ0) is 17.9. The maximum Gasteiger partial charge on any atom is 0.410 e. The number of hydrogen-bond donors (Lipinski definition) is 0. The Morgan fingerprint density at radius 1 is 1.32 bits per heavy atom. The third-order valence-corrected chi connectivity index (χ3v) is 4.87. The molecule has 0 saturated carbocycles. The minimum atomic E-state index is -0.329. The Bertz CT molecular complexity index is 607. The van der Waals surface area contributed by atoms with Gasteiger partial charge in [-0.3, -0.25) is 4.90 Å². The summed E-state index contributed by atoms with van der Waals surface area (Å²) in [4.78, 5) is 17.9. The molecule has 2 aliphatic rings. The second-order valence-electron chi connectivity index (χ2n) is 7.52. The molecule has 1 aromatic rings. The van der Waals surface area contributed by atoms with Crippen LogP contribution in [0.15, 0.2) is 24.3 Å². The summed E-state index contributed by atoms with van der Waals surface area (Å²) in [6.07, 6.45) is 1.81. The molecule has 1 atom stereocenters. The lowest BCUT2D eigenvalue weighted by Gasteiger charge is -2.38. The lowest BCUT2D eigenvalue weighted by atomic mass is 9.92. The van der Waals surface area contributed by atoms with Gasteiger partial charge in [0, 0.05) is 26.7 Å². The van der Waals surface area contributed by atoms with Crippen LogP contribution in [0.4, 0.5) is 4.79 Å². The van der Waals surface area contributed by atoms with Gasteiger partial charge in [0.2, 0.25) is 0 Å². The van der Waals surface area contributed by atoms with E-state index in [2.05, 4.69) is 21.9 Å². The molecule has 1 amide bonds. The van der Waals surface area contributed by atoms with Gasteiger partial charge in [-0.15, -0.1) is 0 Å². The smallest absolute Gasteiger partial charge is 0.410 e. The molecule has 0 aliphatic carbocycles. The molecule has 6 nitrogen and oxygen atoms in total. The van der Waals surface area contributed by atoms with Gasteiger partial charge in [0.05, 0.1) is 6.54 Å². The molecule has 6 heteroatoms. The molecule has 1 spiro atoms. The zero-order valence-electron chi connectivity index (χ0n) is 15.5. The van der Waals surface area contributed by atoms with Crippen molar-refractivity contribution in [3.8, 4) is 5.75 Å². The van der Waals surface area contributed by atoms with Crippen LogP contribution in [0.3, 0.4) is 0 Å². The van der Waals surface area contributed by atoms with Crippen molar-refractivity contribution < 1.29 is 14.3 Å². The molecular weight excluding hydrogens is 318 g/mol. The second-order valence-corrected chi connectivity index (χ2v) is 7.52. The molecule has 3 rings (SSSR count). The van der Waals surface area contributed by atoms with E-state index in [1.807, 2.05) is 33.3 Å². The van der Waals surface area contributed by atoms with Crippen LogP contribution in [0.25, 0.3) is 0 Å². The van der Waals surface area contributed by atoms with Gasteiger partial charge in [-0.2, -0.15) is 0 Å². The van der Waals surface area contributed by atoms with Gasteiger partial charge >= 0.3 is 6.09 Å². The van der Waals surface area contributed by atoms with E-state index in [-0.39, 0.29) is 11.7 Å². The number of carbonyl (C=O) groups is 1. The first-order valence-corrected chi connectivity index (χ1v) is 8.99. The fourth-order valence-corrected chi connectivity index (χ4v) is 3.67. The summed E-state index contributed by atoms with van der Waals surface area (Å²) < 4.78 is 11.5. The summed E-state index contributed by atoms with van der Waals surface area (Å²) in [5.74, 6) is 0.915. The summed E-state index contributed by atoms with van der Waals surface area (Å²) in [7, 11) is 5.89. The highest BCUT2D eigenvalue weighted by molar-refractivity contribution is 5.70. The van der Waals surface area contributed by atoms with E-state index >= 15 is 0 Å². The minimum absolute atomic E-state index is 0.196. The van der Waals surface area contributed by atoms with E-state index in [0.29, 0.717) is 13.2 Å². The average Bonchev–Trinajstić information content (AvgIpc) is 2.81. The molecule has 1 aromatic carbocycles. The number of rotatable bonds is 6. The van der Waals surface area contributed by atoms with Crippen molar-refractivity contribution in [2.24, 2.45) is 0 Å².